The van der Waals surface area contributed by atoms with Gasteiger partial charge in [0.2, 0.25) is 0 Å². The molecule has 1 N–H and O–H groups in total. The first-order valence-corrected chi connectivity index (χ1v) is 7.25. The van der Waals surface area contributed by atoms with Crippen LogP contribution in [0.25, 0.3) is 0 Å². The van der Waals surface area contributed by atoms with Crippen LogP contribution in [-0.2, 0) is 13.3 Å². The first-order chi connectivity index (χ1) is 7.24. The second kappa shape index (κ2) is 8.84. The Morgan fingerprint density at radius 2 is 1.53 bits per heavy atom. The van der Waals surface area contributed by atoms with Crippen LogP contribution in [0.4, 0.5) is 0 Å². The molecule has 6 heteroatoms. The van der Waals surface area contributed by atoms with Gasteiger partial charge in [-0.15, -0.1) is 5.16 Å². The van der Waals surface area contributed by atoms with E-state index in [1.807, 2.05) is 20.8 Å². The zero-order chi connectivity index (χ0) is 11.6. The van der Waals surface area contributed by atoms with Gasteiger partial charge in [0, 0.05) is 32.1 Å². The Labute approximate surface area is 92.4 Å². The van der Waals surface area contributed by atoms with Crippen LogP contribution in [0.3, 0.4) is 0 Å². The van der Waals surface area contributed by atoms with Crippen LogP contribution in [0.1, 0.15) is 27.2 Å². The van der Waals surface area contributed by atoms with Gasteiger partial charge in [0.15, 0.2) is 0 Å². The zero-order valence-electron chi connectivity index (χ0n) is 9.73. The molecule has 0 spiro atoms. The predicted molar refractivity (Wildman–Crippen MR) is 60.3 cm³/mol. The smallest absolute Gasteiger partial charge is 0.411 e. The highest BCUT2D eigenvalue weighted by molar-refractivity contribution is 6.60. The van der Waals surface area contributed by atoms with E-state index in [0.717, 1.165) is 0 Å². The maximum absolute atomic E-state index is 8.32. The molecule has 0 saturated carbocycles. The van der Waals surface area contributed by atoms with E-state index in [9.17, 15) is 0 Å². The Balaban J connectivity index is 4.30. The maximum Gasteiger partial charge on any atom is 0.501 e. The van der Waals surface area contributed by atoms with Gasteiger partial charge in [0.1, 0.15) is 0 Å². The van der Waals surface area contributed by atoms with Crippen molar-refractivity contribution in [2.45, 2.75) is 33.2 Å². The molecular weight excluding hydrogens is 214 g/mol. The van der Waals surface area contributed by atoms with Crippen LogP contribution in [0, 0.1) is 0 Å². The van der Waals surface area contributed by atoms with E-state index in [4.69, 9.17) is 18.5 Å². The molecule has 0 amide bonds. The second-order valence-electron chi connectivity index (χ2n) is 2.82. The molecule has 0 heterocycles. The van der Waals surface area contributed by atoms with E-state index in [-0.39, 0.29) is 0 Å². The van der Waals surface area contributed by atoms with Crippen LogP contribution in [-0.4, -0.2) is 40.0 Å². The molecule has 0 aliphatic rings. The molecule has 0 saturated heterocycles. The minimum absolute atomic E-state index is 0.572. The Bertz CT molecular complexity index is 160. The van der Waals surface area contributed by atoms with Crippen molar-refractivity contribution in [3.63, 3.8) is 0 Å². The van der Waals surface area contributed by atoms with Gasteiger partial charge in [-0.05, 0) is 27.2 Å². The highest BCUT2D eigenvalue weighted by atomic mass is 28.4. The van der Waals surface area contributed by atoms with Crippen molar-refractivity contribution in [1.29, 1.82) is 0 Å². The fourth-order valence-electron chi connectivity index (χ4n) is 1.30. The molecule has 0 aromatic carbocycles. The van der Waals surface area contributed by atoms with Crippen LogP contribution in [0.15, 0.2) is 5.16 Å². The van der Waals surface area contributed by atoms with Gasteiger partial charge >= 0.3 is 8.80 Å². The summed E-state index contributed by atoms with van der Waals surface area (Å²) in [7, 11) is -2.54. The molecule has 0 fully saturated rings. The third-order valence-electron chi connectivity index (χ3n) is 1.75. The molecule has 15 heavy (non-hydrogen) atoms. The van der Waals surface area contributed by atoms with E-state index in [1.165, 1.54) is 6.21 Å². The lowest BCUT2D eigenvalue weighted by atomic mass is 10.5. The highest BCUT2D eigenvalue weighted by Gasteiger charge is 2.39. The summed E-state index contributed by atoms with van der Waals surface area (Å²) in [5, 5.41) is 11.3. The zero-order valence-corrected chi connectivity index (χ0v) is 10.7. The Morgan fingerprint density at radius 1 is 1.07 bits per heavy atom. The molecule has 0 aliphatic heterocycles. The summed E-state index contributed by atoms with van der Waals surface area (Å²) in [6, 6.07) is 0.645. The van der Waals surface area contributed by atoms with Crippen molar-refractivity contribution in [2.24, 2.45) is 5.16 Å². The van der Waals surface area contributed by atoms with Crippen molar-refractivity contribution in [1.82, 2.24) is 0 Å². The number of hydrogen-bond acceptors (Lipinski definition) is 5. The Hall–Kier alpha value is -0.433. The third-order valence-corrected chi connectivity index (χ3v) is 4.84. The molecule has 0 rings (SSSR count). The first-order valence-electron chi connectivity index (χ1n) is 5.32. The molecule has 0 aliphatic carbocycles. The molecule has 5 nitrogen and oxygen atoms in total. The standard InChI is InChI=1S/C9H21NO4Si/c1-4-12-15(13-5-2,14-6-3)9-7-8-10-11/h8,11H,4-7,9H2,1-3H3. The molecule has 0 bridgehead atoms. The quantitative estimate of drug-likeness (QED) is 0.287. The van der Waals surface area contributed by atoms with Crippen molar-refractivity contribution >= 4 is 15.0 Å². The van der Waals surface area contributed by atoms with Gasteiger partial charge in [0.05, 0.1) is 0 Å². The van der Waals surface area contributed by atoms with E-state index < -0.39 is 8.80 Å². The summed E-state index contributed by atoms with van der Waals surface area (Å²) < 4.78 is 16.8. The monoisotopic (exact) mass is 235 g/mol. The molecule has 0 aromatic heterocycles. The summed E-state index contributed by atoms with van der Waals surface area (Å²) in [5.74, 6) is 0. The molecule has 0 radical (unpaired) electrons. The van der Waals surface area contributed by atoms with Crippen molar-refractivity contribution in [3.05, 3.63) is 0 Å². The van der Waals surface area contributed by atoms with Crippen LogP contribution in [0.2, 0.25) is 6.04 Å². The van der Waals surface area contributed by atoms with Gasteiger partial charge in [-0.1, -0.05) is 0 Å². The van der Waals surface area contributed by atoms with Crippen LogP contribution < -0.4 is 0 Å². The third kappa shape index (κ3) is 5.88. The van der Waals surface area contributed by atoms with E-state index in [0.29, 0.717) is 32.3 Å². The molecule has 0 aromatic rings. The Kier molecular flexibility index (Phi) is 8.59. The molecule has 90 valence electrons. The van der Waals surface area contributed by atoms with Gasteiger partial charge < -0.3 is 18.5 Å². The molecule has 0 unspecified atom stereocenters. The van der Waals surface area contributed by atoms with Crippen molar-refractivity contribution < 1.29 is 18.5 Å². The molecule has 0 atom stereocenters. The average Bonchev–Trinajstić information content (AvgIpc) is 2.19. The summed E-state index contributed by atoms with van der Waals surface area (Å²) in [5.41, 5.74) is 0. The number of hydrogen-bond donors (Lipinski definition) is 1. The number of rotatable bonds is 9. The highest BCUT2D eigenvalue weighted by Crippen LogP contribution is 2.17. The van der Waals surface area contributed by atoms with E-state index >= 15 is 0 Å². The van der Waals surface area contributed by atoms with Gasteiger partial charge in [-0.25, -0.2) is 0 Å². The lowest BCUT2D eigenvalue weighted by Crippen LogP contribution is -2.45. The molecular formula is C9H21NO4Si. The van der Waals surface area contributed by atoms with E-state index in [2.05, 4.69) is 5.16 Å². The minimum atomic E-state index is -2.54. The first kappa shape index (κ1) is 14.6. The average molecular weight is 235 g/mol. The summed E-state index contributed by atoms with van der Waals surface area (Å²) in [6.45, 7) is 7.47. The second-order valence-corrected chi connectivity index (χ2v) is 5.55. The largest absolute Gasteiger partial charge is 0.501 e. The topological polar surface area (TPSA) is 60.3 Å². The summed E-state index contributed by atoms with van der Waals surface area (Å²) in [6.07, 6.45) is 2.03. The Morgan fingerprint density at radius 3 is 1.87 bits per heavy atom. The summed E-state index contributed by atoms with van der Waals surface area (Å²) in [4.78, 5) is 0. The van der Waals surface area contributed by atoms with E-state index in [1.54, 1.807) is 0 Å². The predicted octanol–water partition coefficient (Wildman–Crippen LogP) is 1.88. The SMILES string of the molecule is CCO[Si](CCC=NO)(OCC)OCC. The summed E-state index contributed by atoms with van der Waals surface area (Å²) >= 11 is 0. The van der Waals surface area contributed by atoms with Gasteiger partial charge in [-0.2, -0.15) is 0 Å². The van der Waals surface area contributed by atoms with Crippen molar-refractivity contribution in [2.75, 3.05) is 19.8 Å². The number of nitrogens with zero attached hydrogens (tertiary/aromatic N) is 1. The van der Waals surface area contributed by atoms with Gasteiger partial charge in [-0.3, -0.25) is 0 Å². The van der Waals surface area contributed by atoms with Gasteiger partial charge in [0.25, 0.3) is 0 Å². The normalized spacial score (nSPS) is 12.5. The fourth-order valence-corrected chi connectivity index (χ4v) is 3.79. The van der Waals surface area contributed by atoms with Crippen molar-refractivity contribution in [3.8, 4) is 0 Å². The number of oxime groups is 1. The lowest BCUT2D eigenvalue weighted by Gasteiger charge is -2.27. The fraction of sp³-hybridized carbons (Fsp3) is 0.889. The van der Waals surface area contributed by atoms with Crippen LogP contribution in [0.5, 0.6) is 0 Å². The van der Waals surface area contributed by atoms with Crippen LogP contribution >= 0.6 is 0 Å². The lowest BCUT2D eigenvalue weighted by molar-refractivity contribution is 0.0719. The minimum Gasteiger partial charge on any atom is -0.411 e. The maximum atomic E-state index is 8.32.